The third-order valence-corrected chi connectivity index (χ3v) is 5.61. The molecule has 0 radical (unpaired) electrons. The molecule has 0 saturated carbocycles. The maximum absolute atomic E-state index is 13.7. The van der Waals surface area contributed by atoms with E-state index < -0.39 is 5.41 Å². The second kappa shape index (κ2) is 8.28. The van der Waals surface area contributed by atoms with Gasteiger partial charge >= 0.3 is 0 Å². The van der Waals surface area contributed by atoms with E-state index in [1.807, 2.05) is 6.07 Å². The molecule has 1 aromatic rings. The number of ether oxygens (including phenoxy) is 1. The summed E-state index contributed by atoms with van der Waals surface area (Å²) < 4.78 is 19.2. The molecule has 0 spiro atoms. The van der Waals surface area contributed by atoms with Crippen LogP contribution < -0.4 is 5.32 Å². The van der Waals surface area contributed by atoms with Crippen molar-refractivity contribution in [1.29, 1.82) is 0 Å². The number of carbonyl (C=O) groups is 1. The molecule has 2 saturated heterocycles. The summed E-state index contributed by atoms with van der Waals surface area (Å²) in [6, 6.07) is 6.47. The van der Waals surface area contributed by atoms with E-state index in [1.54, 1.807) is 6.07 Å². The van der Waals surface area contributed by atoms with Crippen LogP contribution in [0.4, 0.5) is 4.39 Å². The lowest BCUT2D eigenvalue weighted by molar-refractivity contribution is -0.130. The fourth-order valence-electron chi connectivity index (χ4n) is 4.14. The molecular formula is C20H29FN2O2. The standard InChI is InChI=1S/C20H29FN2O2/c1-16-4-3-10-23(15-16)11-9-22-19(24)20(7-12-25-13-8-20)17-5-2-6-18(21)14-17/h2,5-6,14,16H,3-4,7-13,15H2,1H3,(H,22,24)/t16-/m1/s1. The van der Waals surface area contributed by atoms with E-state index in [-0.39, 0.29) is 11.7 Å². The van der Waals surface area contributed by atoms with Crippen molar-refractivity contribution in [2.75, 3.05) is 39.4 Å². The van der Waals surface area contributed by atoms with Gasteiger partial charge in [0, 0.05) is 32.8 Å². The molecule has 2 fully saturated rings. The second-order valence-electron chi connectivity index (χ2n) is 7.51. The number of carbonyl (C=O) groups excluding carboxylic acids is 1. The third-order valence-electron chi connectivity index (χ3n) is 5.61. The van der Waals surface area contributed by atoms with Crippen molar-refractivity contribution in [3.05, 3.63) is 35.6 Å². The summed E-state index contributed by atoms with van der Waals surface area (Å²) in [4.78, 5) is 15.5. The predicted molar refractivity (Wildman–Crippen MR) is 96.0 cm³/mol. The van der Waals surface area contributed by atoms with E-state index in [1.165, 1.54) is 25.0 Å². The molecule has 0 aliphatic carbocycles. The van der Waals surface area contributed by atoms with Gasteiger partial charge in [-0.25, -0.2) is 4.39 Å². The lowest BCUT2D eigenvalue weighted by atomic mass is 9.73. The van der Waals surface area contributed by atoms with Crippen LogP contribution in [0.15, 0.2) is 24.3 Å². The zero-order valence-corrected chi connectivity index (χ0v) is 15.1. The number of benzene rings is 1. The summed E-state index contributed by atoms with van der Waals surface area (Å²) in [6.07, 6.45) is 3.73. The topological polar surface area (TPSA) is 41.6 Å². The van der Waals surface area contributed by atoms with Gasteiger partial charge in [-0.05, 0) is 55.8 Å². The lowest BCUT2D eigenvalue weighted by Crippen LogP contribution is -2.50. The number of halogens is 1. The molecule has 0 bridgehead atoms. The maximum Gasteiger partial charge on any atom is 0.230 e. The average Bonchev–Trinajstić information content (AvgIpc) is 2.62. The Bertz CT molecular complexity index is 587. The SMILES string of the molecule is C[C@@H]1CCCN(CCNC(=O)C2(c3cccc(F)c3)CCOCC2)C1. The number of hydrogen-bond donors (Lipinski definition) is 1. The first kappa shape index (κ1) is 18.3. The van der Waals surface area contributed by atoms with Crippen LogP contribution in [0.5, 0.6) is 0 Å². The zero-order chi connectivity index (χ0) is 17.7. The van der Waals surface area contributed by atoms with E-state index in [9.17, 15) is 9.18 Å². The largest absolute Gasteiger partial charge is 0.381 e. The van der Waals surface area contributed by atoms with Crippen LogP contribution in [0.2, 0.25) is 0 Å². The molecule has 1 amide bonds. The van der Waals surface area contributed by atoms with E-state index in [2.05, 4.69) is 17.1 Å². The van der Waals surface area contributed by atoms with Gasteiger partial charge in [-0.1, -0.05) is 19.1 Å². The highest BCUT2D eigenvalue weighted by atomic mass is 19.1. The minimum Gasteiger partial charge on any atom is -0.381 e. The fourth-order valence-corrected chi connectivity index (χ4v) is 4.14. The molecule has 3 rings (SSSR count). The van der Waals surface area contributed by atoms with Crippen molar-refractivity contribution in [3.63, 3.8) is 0 Å². The number of piperidine rings is 1. The summed E-state index contributed by atoms with van der Waals surface area (Å²) in [5.74, 6) is 0.448. The molecule has 138 valence electrons. The summed E-state index contributed by atoms with van der Waals surface area (Å²) in [6.45, 7) is 7.10. The molecule has 0 unspecified atom stereocenters. The van der Waals surface area contributed by atoms with Gasteiger partial charge in [0.25, 0.3) is 0 Å². The van der Waals surface area contributed by atoms with Gasteiger partial charge in [-0.3, -0.25) is 4.79 Å². The van der Waals surface area contributed by atoms with E-state index in [0.29, 0.717) is 32.6 Å². The highest BCUT2D eigenvalue weighted by molar-refractivity contribution is 5.88. The van der Waals surface area contributed by atoms with Crippen LogP contribution >= 0.6 is 0 Å². The van der Waals surface area contributed by atoms with Crippen LogP contribution in [0.25, 0.3) is 0 Å². The summed E-state index contributed by atoms with van der Waals surface area (Å²) in [7, 11) is 0. The molecule has 1 aromatic carbocycles. The highest BCUT2D eigenvalue weighted by Crippen LogP contribution is 2.35. The number of nitrogens with zero attached hydrogens (tertiary/aromatic N) is 1. The number of hydrogen-bond acceptors (Lipinski definition) is 3. The van der Waals surface area contributed by atoms with Crippen molar-refractivity contribution in [2.45, 2.75) is 38.0 Å². The highest BCUT2D eigenvalue weighted by Gasteiger charge is 2.41. The molecular weight excluding hydrogens is 319 g/mol. The minimum atomic E-state index is -0.671. The van der Waals surface area contributed by atoms with Gasteiger partial charge in [-0.2, -0.15) is 0 Å². The molecule has 25 heavy (non-hydrogen) atoms. The predicted octanol–water partition coefficient (Wildman–Crippen LogP) is 2.72. The van der Waals surface area contributed by atoms with Crippen molar-refractivity contribution in [1.82, 2.24) is 10.2 Å². The minimum absolute atomic E-state index is 0.00598. The van der Waals surface area contributed by atoms with Crippen LogP contribution in [0.1, 0.15) is 38.2 Å². The Labute approximate surface area is 149 Å². The van der Waals surface area contributed by atoms with Gasteiger partial charge in [0.1, 0.15) is 5.82 Å². The lowest BCUT2D eigenvalue weighted by Gasteiger charge is -2.37. The summed E-state index contributed by atoms with van der Waals surface area (Å²) in [5, 5.41) is 3.11. The van der Waals surface area contributed by atoms with Gasteiger partial charge in [0.05, 0.1) is 5.41 Å². The third kappa shape index (κ3) is 4.39. The Balaban J connectivity index is 1.63. The van der Waals surface area contributed by atoms with Crippen molar-refractivity contribution >= 4 is 5.91 Å². The Morgan fingerprint density at radius 1 is 1.40 bits per heavy atom. The quantitative estimate of drug-likeness (QED) is 0.890. The molecule has 1 atom stereocenters. The number of nitrogens with one attached hydrogen (secondary N) is 1. The molecule has 2 aliphatic heterocycles. The molecule has 1 N–H and O–H groups in total. The van der Waals surface area contributed by atoms with E-state index >= 15 is 0 Å². The van der Waals surface area contributed by atoms with Crippen molar-refractivity contribution in [2.24, 2.45) is 5.92 Å². The first-order chi connectivity index (χ1) is 12.1. The Morgan fingerprint density at radius 2 is 2.20 bits per heavy atom. The van der Waals surface area contributed by atoms with E-state index in [4.69, 9.17) is 4.74 Å². The number of amides is 1. The normalized spacial score (nSPS) is 24.0. The molecule has 0 aromatic heterocycles. The van der Waals surface area contributed by atoms with Gasteiger partial charge < -0.3 is 15.0 Å². The first-order valence-corrected chi connectivity index (χ1v) is 9.45. The maximum atomic E-state index is 13.7. The monoisotopic (exact) mass is 348 g/mol. The first-order valence-electron chi connectivity index (χ1n) is 9.45. The average molecular weight is 348 g/mol. The molecule has 2 aliphatic rings. The smallest absolute Gasteiger partial charge is 0.230 e. The van der Waals surface area contributed by atoms with Crippen LogP contribution in [-0.2, 0) is 14.9 Å². The second-order valence-corrected chi connectivity index (χ2v) is 7.51. The Kier molecular flexibility index (Phi) is 6.07. The van der Waals surface area contributed by atoms with Gasteiger partial charge in [0.2, 0.25) is 5.91 Å². The molecule has 2 heterocycles. The van der Waals surface area contributed by atoms with Crippen molar-refractivity contribution in [3.8, 4) is 0 Å². The summed E-state index contributed by atoms with van der Waals surface area (Å²) >= 11 is 0. The van der Waals surface area contributed by atoms with Crippen LogP contribution in [-0.4, -0.2) is 50.2 Å². The Morgan fingerprint density at radius 3 is 2.92 bits per heavy atom. The van der Waals surface area contributed by atoms with E-state index in [0.717, 1.165) is 31.1 Å². The fraction of sp³-hybridized carbons (Fsp3) is 0.650. The van der Waals surface area contributed by atoms with Crippen molar-refractivity contribution < 1.29 is 13.9 Å². The Hall–Kier alpha value is -1.46. The molecule has 4 nitrogen and oxygen atoms in total. The number of rotatable bonds is 5. The number of likely N-dealkylation sites (tertiary alicyclic amines) is 1. The van der Waals surface area contributed by atoms with Crippen LogP contribution in [0, 0.1) is 11.7 Å². The zero-order valence-electron chi connectivity index (χ0n) is 15.1. The van der Waals surface area contributed by atoms with Gasteiger partial charge in [0.15, 0.2) is 0 Å². The molecule has 5 heteroatoms. The van der Waals surface area contributed by atoms with Gasteiger partial charge in [-0.15, -0.1) is 0 Å². The van der Waals surface area contributed by atoms with Crippen LogP contribution in [0.3, 0.4) is 0 Å². The summed E-state index contributed by atoms with van der Waals surface area (Å²) in [5.41, 5.74) is 0.0927.